The first kappa shape index (κ1) is 22.3. The second-order valence-electron chi connectivity index (χ2n) is 5.20. The van der Waals surface area contributed by atoms with Crippen LogP contribution in [0.5, 0.6) is 0 Å². The Morgan fingerprint density at radius 1 is 0.889 bits per heavy atom. The van der Waals surface area contributed by atoms with Crippen molar-refractivity contribution in [3.63, 3.8) is 0 Å². The molecule has 0 saturated heterocycles. The van der Waals surface area contributed by atoms with Crippen molar-refractivity contribution in [2.45, 2.75) is 50.3 Å². The van der Waals surface area contributed by atoms with Crippen LogP contribution in [0.25, 0.3) is 0 Å². The Hall–Kier alpha value is -2.72. The van der Waals surface area contributed by atoms with E-state index in [-0.39, 0.29) is 5.97 Å². The number of carbonyl (C=O) groups excluding carboxylic acids is 1. The summed E-state index contributed by atoms with van der Waals surface area (Å²) >= 11 is 1.73. The molecule has 2 nitrogen and oxygen atoms in total. The molecule has 0 unspecified atom stereocenters. The maximum atomic E-state index is 11.1. The largest absolute Gasteiger partial charge is 0.466 e. The molecule has 0 saturated carbocycles. The van der Waals surface area contributed by atoms with E-state index < -0.39 is 0 Å². The Balaban J connectivity index is 2.04. The number of benzene rings is 1. The first-order valence-corrected chi connectivity index (χ1v) is 9.98. The fraction of sp³-hybridized carbons (Fsp3) is 0.375. The second kappa shape index (κ2) is 16.7. The van der Waals surface area contributed by atoms with Gasteiger partial charge in [0.25, 0.3) is 0 Å². The van der Waals surface area contributed by atoms with Crippen LogP contribution in [0.15, 0.2) is 35.2 Å². The van der Waals surface area contributed by atoms with E-state index in [1.807, 2.05) is 18.2 Å². The zero-order valence-electron chi connectivity index (χ0n) is 15.8. The predicted octanol–water partition coefficient (Wildman–Crippen LogP) is 4.70. The molecule has 0 spiro atoms. The number of ether oxygens (including phenoxy) is 1. The Kier molecular flexibility index (Phi) is 13.8. The number of hydrogen-bond donors (Lipinski definition) is 0. The van der Waals surface area contributed by atoms with Crippen molar-refractivity contribution in [1.29, 1.82) is 0 Å². The van der Waals surface area contributed by atoms with E-state index in [0.717, 1.165) is 12.2 Å². The summed E-state index contributed by atoms with van der Waals surface area (Å²) in [7, 11) is 0. The summed E-state index contributed by atoms with van der Waals surface area (Å²) in [6.07, 6.45) is 3.52. The molecule has 0 heterocycles. The fourth-order valence-electron chi connectivity index (χ4n) is 1.84. The van der Waals surface area contributed by atoms with Crippen LogP contribution in [0.4, 0.5) is 0 Å². The lowest BCUT2D eigenvalue weighted by molar-refractivity contribution is -0.143. The number of hydrogen-bond acceptors (Lipinski definition) is 3. The van der Waals surface area contributed by atoms with Gasteiger partial charge in [0.1, 0.15) is 0 Å². The monoisotopic (exact) mass is 376 g/mol. The van der Waals surface area contributed by atoms with Crippen LogP contribution in [0, 0.1) is 47.4 Å². The highest BCUT2D eigenvalue weighted by Gasteiger charge is 1.98. The smallest absolute Gasteiger partial charge is 0.305 e. The van der Waals surface area contributed by atoms with E-state index in [1.165, 1.54) is 4.90 Å². The average molecular weight is 377 g/mol. The Morgan fingerprint density at radius 2 is 1.48 bits per heavy atom. The van der Waals surface area contributed by atoms with Crippen molar-refractivity contribution in [3.05, 3.63) is 30.3 Å². The molecule has 0 bridgehead atoms. The molecule has 0 atom stereocenters. The molecule has 0 aliphatic rings. The maximum absolute atomic E-state index is 11.1. The van der Waals surface area contributed by atoms with Gasteiger partial charge in [0, 0.05) is 17.7 Å². The Labute approximate surface area is 167 Å². The number of rotatable bonds is 6. The van der Waals surface area contributed by atoms with E-state index in [0.29, 0.717) is 38.7 Å². The van der Waals surface area contributed by atoms with Crippen molar-refractivity contribution in [2.75, 3.05) is 12.4 Å². The zero-order valence-corrected chi connectivity index (χ0v) is 16.6. The van der Waals surface area contributed by atoms with Gasteiger partial charge < -0.3 is 4.74 Å². The quantitative estimate of drug-likeness (QED) is 0.312. The molecule has 138 valence electrons. The highest BCUT2D eigenvalue weighted by atomic mass is 32.2. The van der Waals surface area contributed by atoms with E-state index in [4.69, 9.17) is 4.74 Å². The average Bonchev–Trinajstić information content (AvgIpc) is 2.68. The van der Waals surface area contributed by atoms with E-state index in [2.05, 4.69) is 59.5 Å². The molecule has 0 radical (unpaired) electrons. The summed E-state index contributed by atoms with van der Waals surface area (Å²) in [5.41, 5.74) is 0. The van der Waals surface area contributed by atoms with Gasteiger partial charge in [-0.1, -0.05) is 59.6 Å². The summed E-state index contributed by atoms with van der Waals surface area (Å²) in [4.78, 5) is 12.4. The van der Waals surface area contributed by atoms with Crippen molar-refractivity contribution in [3.8, 4) is 47.4 Å². The molecular weight excluding hydrogens is 352 g/mol. The van der Waals surface area contributed by atoms with E-state index in [9.17, 15) is 4.79 Å². The Bertz CT molecular complexity index is 796. The van der Waals surface area contributed by atoms with Crippen LogP contribution in [0.1, 0.15) is 45.4 Å². The molecule has 3 heteroatoms. The molecule has 0 aliphatic carbocycles. The van der Waals surface area contributed by atoms with Crippen molar-refractivity contribution < 1.29 is 9.53 Å². The van der Waals surface area contributed by atoms with Crippen LogP contribution < -0.4 is 0 Å². The minimum Gasteiger partial charge on any atom is -0.466 e. The standard InChI is InChI=1S/C24H24O2S/c1-2-26-24(25)21-17-12-10-8-6-4-3-5-7-9-11-13-18-22-27-23-19-15-14-16-20-23/h14-16,19-20H,2,5-6,11-12,17,21-22H2,1H3. The lowest BCUT2D eigenvalue weighted by Crippen LogP contribution is -2.02. The van der Waals surface area contributed by atoms with E-state index in [1.54, 1.807) is 18.7 Å². The number of esters is 1. The van der Waals surface area contributed by atoms with Crippen LogP contribution in [0.3, 0.4) is 0 Å². The predicted molar refractivity (Wildman–Crippen MR) is 113 cm³/mol. The fourth-order valence-corrected chi connectivity index (χ4v) is 2.53. The molecule has 1 rings (SSSR count). The number of carbonyl (C=O) groups is 1. The van der Waals surface area contributed by atoms with Gasteiger partial charge in [0.2, 0.25) is 0 Å². The molecule has 0 fully saturated rings. The summed E-state index contributed by atoms with van der Waals surface area (Å²) in [6.45, 7) is 2.24. The summed E-state index contributed by atoms with van der Waals surface area (Å²) in [5.74, 6) is 24.7. The van der Waals surface area contributed by atoms with Gasteiger partial charge in [-0.2, -0.15) is 0 Å². The van der Waals surface area contributed by atoms with E-state index >= 15 is 0 Å². The van der Waals surface area contributed by atoms with Gasteiger partial charge in [0.05, 0.1) is 31.6 Å². The van der Waals surface area contributed by atoms with Crippen LogP contribution in [-0.4, -0.2) is 18.3 Å². The highest BCUT2D eigenvalue weighted by molar-refractivity contribution is 7.99. The summed E-state index contributed by atoms with van der Waals surface area (Å²) in [6, 6.07) is 10.2. The second-order valence-corrected chi connectivity index (χ2v) is 6.25. The minimum atomic E-state index is -0.155. The molecule has 0 N–H and O–H groups in total. The zero-order chi connectivity index (χ0) is 19.4. The van der Waals surface area contributed by atoms with Crippen LogP contribution >= 0.6 is 11.8 Å². The number of unbranched alkanes of at least 4 members (excludes halogenated alkanes) is 1. The van der Waals surface area contributed by atoms with Crippen molar-refractivity contribution in [1.82, 2.24) is 0 Å². The molecule has 0 aromatic heterocycles. The molecule has 0 aliphatic heterocycles. The topological polar surface area (TPSA) is 26.3 Å². The lowest BCUT2D eigenvalue weighted by atomic mass is 10.2. The molecule has 1 aromatic rings. The van der Waals surface area contributed by atoms with Gasteiger partial charge in [-0.3, -0.25) is 4.79 Å². The van der Waals surface area contributed by atoms with Crippen molar-refractivity contribution in [2.24, 2.45) is 0 Å². The molecule has 27 heavy (non-hydrogen) atoms. The van der Waals surface area contributed by atoms with Gasteiger partial charge in [-0.15, -0.1) is 17.7 Å². The third-order valence-corrected chi connectivity index (χ3v) is 3.97. The van der Waals surface area contributed by atoms with Crippen LogP contribution in [0.2, 0.25) is 0 Å². The van der Waals surface area contributed by atoms with Crippen molar-refractivity contribution >= 4 is 17.7 Å². The third kappa shape index (κ3) is 14.2. The molecule has 0 amide bonds. The normalized spacial score (nSPS) is 8.48. The highest BCUT2D eigenvalue weighted by Crippen LogP contribution is 2.15. The molecular formula is C24H24O2S. The summed E-state index contributed by atoms with van der Waals surface area (Å²) in [5, 5.41) is 0. The van der Waals surface area contributed by atoms with Gasteiger partial charge in [-0.05, 0) is 25.5 Å². The first-order chi connectivity index (χ1) is 13.3. The maximum Gasteiger partial charge on any atom is 0.305 e. The summed E-state index contributed by atoms with van der Waals surface area (Å²) < 4.78 is 4.85. The van der Waals surface area contributed by atoms with Gasteiger partial charge in [0.15, 0.2) is 0 Å². The lowest BCUT2D eigenvalue weighted by Gasteiger charge is -1.98. The number of thioether (sulfide) groups is 1. The van der Waals surface area contributed by atoms with Gasteiger partial charge in [-0.25, -0.2) is 0 Å². The van der Waals surface area contributed by atoms with Gasteiger partial charge >= 0.3 is 5.97 Å². The first-order valence-electron chi connectivity index (χ1n) is 8.99. The molecule has 1 aromatic carbocycles. The SMILES string of the molecule is CCOC(=O)CCCC#CCC#CCC#CCC#CCSc1ccccc1. The Morgan fingerprint density at radius 3 is 2.11 bits per heavy atom. The van der Waals surface area contributed by atoms with Crippen LogP contribution in [-0.2, 0) is 9.53 Å². The minimum absolute atomic E-state index is 0.155. The third-order valence-electron chi connectivity index (χ3n) is 3.07.